The first-order valence-corrected chi connectivity index (χ1v) is 5.54. The third-order valence-electron chi connectivity index (χ3n) is 2.34. The van der Waals surface area contributed by atoms with E-state index in [-0.39, 0.29) is 11.8 Å². The summed E-state index contributed by atoms with van der Waals surface area (Å²) in [6.07, 6.45) is 4.01. The fraction of sp³-hybridized carbons (Fsp3) is 0.900. The molecule has 0 spiro atoms. The van der Waals surface area contributed by atoms with Crippen molar-refractivity contribution in [1.82, 2.24) is 5.32 Å². The molecule has 0 fully saturated rings. The molecule has 0 saturated carbocycles. The van der Waals surface area contributed by atoms with Crippen LogP contribution in [-0.2, 0) is 4.79 Å². The van der Waals surface area contributed by atoms with Crippen LogP contribution in [0.3, 0.4) is 0 Å². The second kappa shape index (κ2) is 9.34. The lowest BCUT2D eigenvalue weighted by Crippen LogP contribution is -2.32. The minimum atomic E-state index is 0.0825. The summed E-state index contributed by atoms with van der Waals surface area (Å²) in [5.41, 5.74) is 8.05. The van der Waals surface area contributed by atoms with Crippen molar-refractivity contribution in [3.8, 4) is 0 Å². The Balaban J connectivity index is 3.77. The highest BCUT2D eigenvalue weighted by Crippen LogP contribution is 2.12. The van der Waals surface area contributed by atoms with Crippen molar-refractivity contribution in [1.29, 1.82) is 0 Å². The van der Waals surface area contributed by atoms with Gasteiger partial charge in [-0.05, 0) is 18.4 Å². The van der Waals surface area contributed by atoms with Crippen molar-refractivity contribution < 1.29 is 4.79 Å². The molecule has 0 aliphatic rings. The van der Waals surface area contributed by atoms with Crippen LogP contribution in [0.1, 0.15) is 39.5 Å². The van der Waals surface area contributed by atoms with Gasteiger partial charge in [-0.25, -0.2) is 0 Å². The van der Waals surface area contributed by atoms with Crippen molar-refractivity contribution in [3.63, 3.8) is 0 Å². The van der Waals surface area contributed by atoms with E-state index in [9.17, 15) is 4.79 Å². The number of rotatable bonds is 8. The molecule has 0 heterocycles. The number of carbonyl (C=O) groups excluding carboxylic acids is 1. The van der Waals surface area contributed by atoms with Gasteiger partial charge in [0.1, 0.15) is 0 Å². The highest BCUT2D eigenvalue weighted by Gasteiger charge is 2.14. The molecule has 0 saturated heterocycles. The molecule has 0 radical (unpaired) electrons. The van der Waals surface area contributed by atoms with E-state index in [0.717, 1.165) is 25.7 Å². The summed E-state index contributed by atoms with van der Waals surface area (Å²) in [7, 11) is 0. The van der Waals surface area contributed by atoms with Gasteiger partial charge in [0.25, 0.3) is 0 Å². The molecule has 0 aromatic rings. The Morgan fingerprint density at radius 3 is 2.80 bits per heavy atom. The number of hydrogen-bond acceptors (Lipinski definition) is 2. The van der Waals surface area contributed by atoms with Crippen LogP contribution in [0.4, 0.5) is 0 Å². The summed E-state index contributed by atoms with van der Waals surface area (Å²) >= 11 is 0. The molecule has 5 nitrogen and oxygen atoms in total. The molecule has 1 N–H and O–H groups in total. The zero-order valence-corrected chi connectivity index (χ0v) is 9.57. The van der Waals surface area contributed by atoms with Gasteiger partial charge in [-0.2, -0.15) is 0 Å². The molecular formula is C10H20N4O. The Labute approximate surface area is 90.9 Å². The predicted molar refractivity (Wildman–Crippen MR) is 60.3 cm³/mol. The Bertz CT molecular complexity index is 223. The zero-order chi connectivity index (χ0) is 11.5. The van der Waals surface area contributed by atoms with E-state index >= 15 is 0 Å². The highest BCUT2D eigenvalue weighted by molar-refractivity contribution is 5.78. The van der Waals surface area contributed by atoms with Crippen molar-refractivity contribution in [3.05, 3.63) is 10.4 Å². The van der Waals surface area contributed by atoms with Gasteiger partial charge in [0.05, 0.1) is 0 Å². The molecule has 1 unspecified atom stereocenters. The number of amides is 1. The van der Waals surface area contributed by atoms with E-state index < -0.39 is 0 Å². The third-order valence-corrected chi connectivity index (χ3v) is 2.34. The van der Waals surface area contributed by atoms with E-state index in [1.165, 1.54) is 0 Å². The predicted octanol–water partition coefficient (Wildman–Crippen LogP) is 2.63. The molecule has 0 aliphatic heterocycles. The first-order valence-electron chi connectivity index (χ1n) is 5.54. The van der Waals surface area contributed by atoms with E-state index in [0.29, 0.717) is 13.1 Å². The largest absolute Gasteiger partial charge is 0.356 e. The number of unbranched alkanes of at least 4 members (excludes halogenated alkanes) is 1. The van der Waals surface area contributed by atoms with Crippen LogP contribution < -0.4 is 5.32 Å². The molecule has 86 valence electrons. The van der Waals surface area contributed by atoms with Crippen molar-refractivity contribution >= 4 is 5.91 Å². The van der Waals surface area contributed by atoms with Crippen molar-refractivity contribution in [2.24, 2.45) is 11.0 Å². The smallest absolute Gasteiger partial charge is 0.223 e. The molecule has 0 aromatic carbocycles. The lowest BCUT2D eigenvalue weighted by atomic mass is 9.98. The lowest BCUT2D eigenvalue weighted by molar-refractivity contribution is -0.125. The van der Waals surface area contributed by atoms with Gasteiger partial charge in [-0.1, -0.05) is 31.8 Å². The van der Waals surface area contributed by atoms with Gasteiger partial charge >= 0.3 is 0 Å². The Morgan fingerprint density at radius 1 is 1.53 bits per heavy atom. The van der Waals surface area contributed by atoms with Gasteiger partial charge in [0, 0.05) is 23.9 Å². The molecule has 5 heteroatoms. The van der Waals surface area contributed by atoms with Crippen molar-refractivity contribution in [2.45, 2.75) is 39.5 Å². The van der Waals surface area contributed by atoms with E-state index in [1.54, 1.807) is 0 Å². The molecule has 0 rings (SSSR count). The molecule has 0 aromatic heterocycles. The SMILES string of the molecule is CCCCC(CC)C(=O)NCCN=[N+]=[N-]. The maximum absolute atomic E-state index is 11.6. The molecule has 1 atom stereocenters. The molecular weight excluding hydrogens is 192 g/mol. The molecule has 0 bridgehead atoms. The summed E-state index contributed by atoms with van der Waals surface area (Å²) in [4.78, 5) is 14.2. The first-order chi connectivity index (χ1) is 7.26. The van der Waals surface area contributed by atoms with Gasteiger partial charge in [0.15, 0.2) is 0 Å². The first kappa shape index (κ1) is 13.8. The van der Waals surface area contributed by atoms with Crippen molar-refractivity contribution in [2.75, 3.05) is 13.1 Å². The molecule has 1 amide bonds. The quantitative estimate of drug-likeness (QED) is 0.285. The highest BCUT2D eigenvalue weighted by atomic mass is 16.1. The number of azide groups is 1. The maximum Gasteiger partial charge on any atom is 0.223 e. The number of carbonyl (C=O) groups is 1. The average molecular weight is 212 g/mol. The second-order valence-electron chi connectivity index (χ2n) is 3.49. The fourth-order valence-corrected chi connectivity index (χ4v) is 1.39. The number of nitrogens with zero attached hydrogens (tertiary/aromatic N) is 3. The van der Waals surface area contributed by atoms with Crippen LogP contribution in [0.25, 0.3) is 10.4 Å². The van der Waals surface area contributed by atoms with Gasteiger partial charge in [-0.15, -0.1) is 0 Å². The van der Waals surface area contributed by atoms with E-state index in [2.05, 4.69) is 22.3 Å². The minimum absolute atomic E-state index is 0.0825. The van der Waals surface area contributed by atoms with Crippen LogP contribution >= 0.6 is 0 Å². The second-order valence-corrected chi connectivity index (χ2v) is 3.49. The Kier molecular flexibility index (Phi) is 8.58. The van der Waals surface area contributed by atoms with Crippen LogP contribution in [0.15, 0.2) is 5.11 Å². The van der Waals surface area contributed by atoms with Crippen LogP contribution in [0.5, 0.6) is 0 Å². The van der Waals surface area contributed by atoms with Crippen LogP contribution in [0, 0.1) is 5.92 Å². The molecule has 15 heavy (non-hydrogen) atoms. The number of hydrogen-bond donors (Lipinski definition) is 1. The summed E-state index contributed by atoms with van der Waals surface area (Å²) in [5, 5.41) is 6.13. The van der Waals surface area contributed by atoms with Gasteiger partial charge in [-0.3, -0.25) is 4.79 Å². The monoisotopic (exact) mass is 212 g/mol. The van der Waals surface area contributed by atoms with Crippen LogP contribution in [-0.4, -0.2) is 19.0 Å². The summed E-state index contributed by atoms with van der Waals surface area (Å²) in [6.45, 7) is 4.90. The maximum atomic E-state index is 11.6. The van der Waals surface area contributed by atoms with Crippen LogP contribution in [0.2, 0.25) is 0 Å². The number of nitrogens with one attached hydrogen (secondary N) is 1. The molecule has 0 aliphatic carbocycles. The third kappa shape index (κ3) is 6.80. The summed E-state index contributed by atoms with van der Waals surface area (Å²) in [5.74, 6) is 0.190. The van der Waals surface area contributed by atoms with Gasteiger partial charge in [0.2, 0.25) is 5.91 Å². The topological polar surface area (TPSA) is 77.9 Å². The lowest BCUT2D eigenvalue weighted by Gasteiger charge is -2.13. The normalized spacial score (nSPS) is 11.6. The fourth-order valence-electron chi connectivity index (χ4n) is 1.39. The minimum Gasteiger partial charge on any atom is -0.356 e. The van der Waals surface area contributed by atoms with E-state index in [4.69, 9.17) is 5.53 Å². The Morgan fingerprint density at radius 2 is 2.27 bits per heavy atom. The Hall–Kier alpha value is -1.22. The van der Waals surface area contributed by atoms with E-state index in [1.807, 2.05) is 6.92 Å². The summed E-state index contributed by atoms with van der Waals surface area (Å²) < 4.78 is 0. The van der Waals surface area contributed by atoms with Gasteiger partial charge < -0.3 is 5.32 Å². The summed E-state index contributed by atoms with van der Waals surface area (Å²) in [6, 6.07) is 0. The standard InChI is InChI=1S/C10H20N4O/c1-3-5-6-9(4-2)10(15)12-7-8-13-14-11/h9H,3-8H2,1-2H3,(H,12,15). The average Bonchev–Trinajstić information content (AvgIpc) is 2.25. The zero-order valence-electron chi connectivity index (χ0n) is 9.57.